The Labute approximate surface area is 254 Å². The van der Waals surface area contributed by atoms with Crippen LogP contribution in [0.25, 0.3) is 0 Å². The van der Waals surface area contributed by atoms with Crippen molar-refractivity contribution in [1.29, 1.82) is 0 Å². The average Bonchev–Trinajstić information content (AvgIpc) is 3.03. The number of nitrogens with one attached hydrogen (secondary N) is 1. The number of urea groups is 1. The van der Waals surface area contributed by atoms with Gasteiger partial charge in [-0.25, -0.2) is 9.18 Å². The van der Waals surface area contributed by atoms with Crippen LogP contribution < -0.4 is 10.2 Å². The SMILES string of the molecule is O=C1CCN(c2cc(C(=O)N3CCC4(CCC(CN5CCN(C(=O)C6CCCCC6)CC5)CC4)CC3)ccc2F)C(=O)N1. The molecule has 234 valence electrons. The summed E-state index contributed by atoms with van der Waals surface area (Å²) in [6.45, 7) is 6.31. The molecule has 5 aliphatic rings. The molecule has 1 aromatic carbocycles. The van der Waals surface area contributed by atoms with Crippen molar-refractivity contribution >= 4 is 29.4 Å². The number of piperazine rings is 1. The lowest BCUT2D eigenvalue weighted by Crippen LogP contribution is -2.51. The van der Waals surface area contributed by atoms with E-state index in [2.05, 4.69) is 15.1 Å². The summed E-state index contributed by atoms with van der Waals surface area (Å²) < 4.78 is 14.6. The summed E-state index contributed by atoms with van der Waals surface area (Å²) in [7, 11) is 0. The molecule has 2 saturated carbocycles. The number of likely N-dealkylation sites (tertiary alicyclic amines) is 1. The molecule has 3 aliphatic heterocycles. The second-order valence-corrected chi connectivity index (χ2v) is 13.6. The number of benzene rings is 1. The Bertz CT molecular complexity index is 1210. The van der Waals surface area contributed by atoms with Crippen LogP contribution in [0.5, 0.6) is 0 Å². The van der Waals surface area contributed by atoms with Crippen LogP contribution in [0.15, 0.2) is 18.2 Å². The molecule has 1 N–H and O–H groups in total. The summed E-state index contributed by atoms with van der Waals surface area (Å²) in [5, 5.41) is 2.21. The van der Waals surface area contributed by atoms with Crippen LogP contribution in [0.3, 0.4) is 0 Å². The molecule has 3 saturated heterocycles. The average molecular weight is 596 g/mol. The van der Waals surface area contributed by atoms with Gasteiger partial charge in [0.05, 0.1) is 5.69 Å². The van der Waals surface area contributed by atoms with E-state index in [1.807, 2.05) is 4.90 Å². The van der Waals surface area contributed by atoms with Crippen molar-refractivity contribution in [1.82, 2.24) is 20.0 Å². The van der Waals surface area contributed by atoms with Gasteiger partial charge in [-0.2, -0.15) is 0 Å². The van der Waals surface area contributed by atoms with E-state index in [0.717, 1.165) is 58.4 Å². The molecule has 1 aromatic rings. The van der Waals surface area contributed by atoms with Crippen molar-refractivity contribution < 1.29 is 23.6 Å². The number of hydrogen-bond acceptors (Lipinski definition) is 5. The van der Waals surface area contributed by atoms with Gasteiger partial charge in [-0.3, -0.25) is 29.5 Å². The smallest absolute Gasteiger partial charge is 0.328 e. The number of amides is 5. The minimum absolute atomic E-state index is 0.0277. The highest BCUT2D eigenvalue weighted by Gasteiger charge is 2.40. The second kappa shape index (κ2) is 12.9. The van der Waals surface area contributed by atoms with Crippen molar-refractivity contribution in [3.8, 4) is 0 Å². The summed E-state index contributed by atoms with van der Waals surface area (Å²) in [4.78, 5) is 57.8. The van der Waals surface area contributed by atoms with Gasteiger partial charge in [-0.15, -0.1) is 0 Å². The van der Waals surface area contributed by atoms with E-state index in [4.69, 9.17) is 0 Å². The fourth-order valence-corrected chi connectivity index (χ4v) is 8.11. The van der Waals surface area contributed by atoms with Crippen molar-refractivity contribution in [2.24, 2.45) is 17.3 Å². The third-order valence-electron chi connectivity index (χ3n) is 11.0. The van der Waals surface area contributed by atoms with Gasteiger partial charge in [-0.1, -0.05) is 19.3 Å². The standard InChI is InChI=1S/C33H46FN5O4/c34-27-7-6-26(22-28(27)39-15-10-29(40)35-32(39)43)31(42)37-16-13-33(14-17-37)11-8-24(9-12-33)23-36-18-20-38(21-19-36)30(41)25-4-2-1-3-5-25/h6-7,22,24-25H,1-5,8-21,23H2,(H,35,40,43). The van der Waals surface area contributed by atoms with E-state index in [0.29, 0.717) is 35.9 Å². The first-order chi connectivity index (χ1) is 20.8. The van der Waals surface area contributed by atoms with Crippen molar-refractivity contribution in [3.05, 3.63) is 29.6 Å². The normalized spacial score (nSPS) is 24.3. The zero-order chi connectivity index (χ0) is 30.0. The van der Waals surface area contributed by atoms with Crippen LogP contribution >= 0.6 is 0 Å². The molecular weight excluding hydrogens is 549 g/mol. The number of hydrogen-bond donors (Lipinski definition) is 1. The van der Waals surface area contributed by atoms with Gasteiger partial charge in [0, 0.05) is 70.3 Å². The number of anilines is 1. The number of nitrogens with zero attached hydrogens (tertiary/aromatic N) is 4. The summed E-state index contributed by atoms with van der Waals surface area (Å²) in [6, 6.07) is 3.49. The van der Waals surface area contributed by atoms with Crippen molar-refractivity contribution in [3.63, 3.8) is 0 Å². The number of imide groups is 1. The van der Waals surface area contributed by atoms with E-state index < -0.39 is 11.8 Å². The zero-order valence-corrected chi connectivity index (χ0v) is 25.3. The Balaban J connectivity index is 0.952. The number of carbonyl (C=O) groups excluding carboxylic acids is 4. The van der Waals surface area contributed by atoms with Gasteiger partial charge in [0.1, 0.15) is 5.82 Å². The fourth-order valence-electron chi connectivity index (χ4n) is 8.11. The molecule has 1 spiro atoms. The van der Waals surface area contributed by atoms with Gasteiger partial charge in [-0.05, 0) is 80.9 Å². The number of rotatable bonds is 5. The highest BCUT2D eigenvalue weighted by atomic mass is 19.1. The lowest BCUT2D eigenvalue weighted by atomic mass is 9.65. The van der Waals surface area contributed by atoms with E-state index in [9.17, 15) is 23.6 Å². The van der Waals surface area contributed by atoms with Crippen LogP contribution in [-0.4, -0.2) is 90.8 Å². The van der Waals surface area contributed by atoms with Gasteiger partial charge < -0.3 is 9.80 Å². The molecule has 43 heavy (non-hydrogen) atoms. The predicted molar refractivity (Wildman–Crippen MR) is 161 cm³/mol. The van der Waals surface area contributed by atoms with E-state index in [1.165, 1.54) is 68.0 Å². The molecule has 6 rings (SSSR count). The molecule has 9 nitrogen and oxygen atoms in total. The van der Waals surface area contributed by atoms with E-state index in [1.54, 1.807) is 0 Å². The maximum Gasteiger partial charge on any atom is 0.328 e. The second-order valence-electron chi connectivity index (χ2n) is 13.6. The first-order valence-corrected chi connectivity index (χ1v) is 16.5. The minimum atomic E-state index is -0.665. The summed E-state index contributed by atoms with van der Waals surface area (Å²) >= 11 is 0. The summed E-state index contributed by atoms with van der Waals surface area (Å²) in [5.74, 6) is 0.248. The molecule has 0 bridgehead atoms. The number of carbonyl (C=O) groups is 4. The predicted octanol–water partition coefficient (Wildman–Crippen LogP) is 4.41. The zero-order valence-electron chi connectivity index (χ0n) is 25.3. The Kier molecular flexibility index (Phi) is 9.03. The number of halogens is 1. The quantitative estimate of drug-likeness (QED) is 0.545. The van der Waals surface area contributed by atoms with Gasteiger partial charge in [0.2, 0.25) is 11.8 Å². The molecule has 2 aliphatic carbocycles. The van der Waals surface area contributed by atoms with Gasteiger partial charge in [0.15, 0.2) is 0 Å². The van der Waals surface area contributed by atoms with Gasteiger partial charge >= 0.3 is 6.03 Å². The Morgan fingerprint density at radius 1 is 0.837 bits per heavy atom. The Morgan fingerprint density at radius 3 is 2.21 bits per heavy atom. The van der Waals surface area contributed by atoms with Crippen LogP contribution in [-0.2, 0) is 9.59 Å². The lowest BCUT2D eigenvalue weighted by Gasteiger charge is -2.47. The Hall–Kier alpha value is -3.01. The largest absolute Gasteiger partial charge is 0.340 e. The topological polar surface area (TPSA) is 93.3 Å². The van der Waals surface area contributed by atoms with Crippen LogP contribution in [0.4, 0.5) is 14.9 Å². The van der Waals surface area contributed by atoms with Crippen LogP contribution in [0, 0.1) is 23.1 Å². The highest BCUT2D eigenvalue weighted by Crippen LogP contribution is 2.46. The van der Waals surface area contributed by atoms with Crippen LogP contribution in [0.1, 0.15) is 87.4 Å². The van der Waals surface area contributed by atoms with Gasteiger partial charge in [0.25, 0.3) is 5.91 Å². The molecule has 0 radical (unpaired) electrons. The number of piperidine rings is 1. The maximum absolute atomic E-state index is 14.6. The van der Waals surface area contributed by atoms with Crippen LogP contribution in [0.2, 0.25) is 0 Å². The summed E-state index contributed by atoms with van der Waals surface area (Å²) in [5.41, 5.74) is 0.686. The fraction of sp³-hybridized carbons (Fsp3) is 0.697. The molecule has 5 amide bonds. The first kappa shape index (κ1) is 30.0. The van der Waals surface area contributed by atoms with E-state index >= 15 is 0 Å². The molecule has 5 fully saturated rings. The molecule has 0 unspecified atom stereocenters. The minimum Gasteiger partial charge on any atom is -0.340 e. The highest BCUT2D eigenvalue weighted by molar-refractivity contribution is 6.06. The monoisotopic (exact) mass is 595 g/mol. The lowest BCUT2D eigenvalue weighted by molar-refractivity contribution is -0.138. The molecule has 0 aromatic heterocycles. The molecule has 0 atom stereocenters. The first-order valence-electron chi connectivity index (χ1n) is 16.5. The van der Waals surface area contributed by atoms with Crippen molar-refractivity contribution in [2.45, 2.75) is 77.0 Å². The summed E-state index contributed by atoms with van der Waals surface area (Å²) in [6.07, 6.45) is 12.7. The van der Waals surface area contributed by atoms with Crippen molar-refractivity contribution in [2.75, 3.05) is 57.3 Å². The third-order valence-corrected chi connectivity index (χ3v) is 11.0. The molecule has 10 heteroatoms. The van der Waals surface area contributed by atoms with E-state index in [-0.39, 0.29) is 36.4 Å². The molecular formula is C33H46FN5O4. The maximum atomic E-state index is 14.6. The third kappa shape index (κ3) is 6.74. The molecule has 3 heterocycles. The Morgan fingerprint density at radius 2 is 1.53 bits per heavy atom.